The molecule has 1 aliphatic carbocycles. The van der Waals surface area contributed by atoms with E-state index in [1.54, 1.807) is 0 Å². The molecule has 0 spiro atoms. The van der Waals surface area contributed by atoms with Crippen LogP contribution >= 0.6 is 11.3 Å². The molecule has 0 N–H and O–H groups in total. The topological polar surface area (TPSA) is 0 Å². The van der Waals surface area contributed by atoms with Crippen molar-refractivity contribution in [3.8, 4) is 11.1 Å². The summed E-state index contributed by atoms with van der Waals surface area (Å²) in [6.45, 7) is 0. The number of thiophene rings is 1. The highest BCUT2D eigenvalue weighted by atomic mass is 32.1. The van der Waals surface area contributed by atoms with Crippen molar-refractivity contribution in [2.75, 3.05) is 0 Å². The molecule has 32 heavy (non-hydrogen) atoms. The first-order valence-corrected chi connectivity index (χ1v) is 11.9. The maximum Gasteiger partial charge on any atom is 0.0349 e. The number of fused-ring (bicyclic) bond motifs is 4. The summed E-state index contributed by atoms with van der Waals surface area (Å²) in [5.41, 5.74) is 6.88. The lowest BCUT2D eigenvalue weighted by Crippen LogP contribution is -1.89. The van der Waals surface area contributed by atoms with Crippen molar-refractivity contribution >= 4 is 54.6 Å². The first kappa shape index (κ1) is 17.9. The summed E-state index contributed by atoms with van der Waals surface area (Å²) in [7, 11) is 0. The van der Waals surface area contributed by atoms with E-state index < -0.39 is 0 Å². The summed E-state index contributed by atoms with van der Waals surface area (Å²) in [6, 6.07) is 37.8. The Kier molecular flexibility index (Phi) is 3.88. The molecule has 0 amide bonds. The van der Waals surface area contributed by atoms with Gasteiger partial charge in [0.1, 0.15) is 0 Å². The average Bonchev–Trinajstić information content (AvgIpc) is 3.46. The van der Waals surface area contributed by atoms with E-state index >= 15 is 0 Å². The molecule has 1 heteroatoms. The second-order valence-corrected chi connectivity index (χ2v) is 9.68. The Labute approximate surface area is 191 Å². The Bertz CT molecular complexity index is 1660. The number of hydrogen-bond donors (Lipinski definition) is 0. The monoisotopic (exact) mass is 424 g/mol. The van der Waals surface area contributed by atoms with Gasteiger partial charge in [-0.25, -0.2) is 0 Å². The van der Waals surface area contributed by atoms with E-state index in [0.29, 0.717) is 0 Å². The van der Waals surface area contributed by atoms with Gasteiger partial charge in [0.15, 0.2) is 0 Å². The van der Waals surface area contributed by atoms with E-state index in [0.717, 1.165) is 6.42 Å². The minimum atomic E-state index is 1.00. The lowest BCUT2D eigenvalue weighted by atomic mass is 9.92. The maximum absolute atomic E-state index is 2.43. The maximum atomic E-state index is 2.43. The Morgan fingerprint density at radius 2 is 1.28 bits per heavy atom. The fourth-order valence-corrected chi connectivity index (χ4v) is 6.18. The summed E-state index contributed by atoms with van der Waals surface area (Å²) < 4.78 is 1.36. The molecule has 0 nitrogen and oxygen atoms in total. The van der Waals surface area contributed by atoms with Crippen molar-refractivity contribution in [1.29, 1.82) is 0 Å². The molecule has 1 aliphatic rings. The Balaban J connectivity index is 1.42. The van der Waals surface area contributed by atoms with Crippen LogP contribution in [0.4, 0.5) is 0 Å². The third kappa shape index (κ3) is 2.75. The minimum Gasteiger partial charge on any atom is -0.136 e. The highest BCUT2D eigenvalue weighted by Crippen LogP contribution is 2.42. The second-order valence-electron chi connectivity index (χ2n) is 8.60. The highest BCUT2D eigenvalue weighted by molar-refractivity contribution is 7.20. The molecule has 7 rings (SSSR count). The molecular formula is C31H20S. The van der Waals surface area contributed by atoms with Crippen LogP contribution in [0.2, 0.25) is 0 Å². The molecule has 1 heterocycles. The van der Waals surface area contributed by atoms with E-state index in [1.165, 1.54) is 64.3 Å². The summed E-state index contributed by atoms with van der Waals surface area (Å²) in [6.07, 6.45) is 3.43. The molecule has 0 atom stereocenters. The zero-order valence-electron chi connectivity index (χ0n) is 17.5. The first-order valence-electron chi connectivity index (χ1n) is 11.1. The van der Waals surface area contributed by atoms with Crippen LogP contribution in [0, 0.1) is 0 Å². The van der Waals surface area contributed by atoms with Crippen LogP contribution in [0.25, 0.3) is 54.4 Å². The van der Waals surface area contributed by atoms with Crippen molar-refractivity contribution < 1.29 is 0 Å². The molecule has 5 aromatic carbocycles. The Morgan fingerprint density at radius 3 is 2.16 bits per heavy atom. The van der Waals surface area contributed by atoms with Crippen molar-refractivity contribution in [3.05, 3.63) is 119 Å². The molecule has 0 aliphatic heterocycles. The third-order valence-corrected chi connectivity index (χ3v) is 7.87. The predicted molar refractivity (Wildman–Crippen MR) is 140 cm³/mol. The average molecular weight is 425 g/mol. The SMILES string of the molecule is C1=C(c2cc3ccccc3s2)Cc2cccc(-c3cccc4cc5ccccc5cc34)c21. The highest BCUT2D eigenvalue weighted by Gasteiger charge is 2.20. The first-order chi connectivity index (χ1) is 15.8. The molecule has 6 aromatic rings. The van der Waals surface area contributed by atoms with Gasteiger partial charge in [0.05, 0.1) is 0 Å². The molecule has 0 saturated heterocycles. The van der Waals surface area contributed by atoms with E-state index in [1.807, 2.05) is 11.3 Å². The van der Waals surface area contributed by atoms with E-state index in [-0.39, 0.29) is 0 Å². The summed E-state index contributed by atoms with van der Waals surface area (Å²) in [5, 5.41) is 6.54. The van der Waals surface area contributed by atoms with Gasteiger partial charge in [0, 0.05) is 9.58 Å². The fraction of sp³-hybridized carbons (Fsp3) is 0.0323. The third-order valence-electron chi connectivity index (χ3n) is 6.67. The van der Waals surface area contributed by atoms with Crippen molar-refractivity contribution in [1.82, 2.24) is 0 Å². The van der Waals surface area contributed by atoms with Crippen LogP contribution < -0.4 is 0 Å². The zero-order valence-corrected chi connectivity index (χ0v) is 18.3. The van der Waals surface area contributed by atoms with Gasteiger partial charge in [-0.05, 0) is 91.5 Å². The van der Waals surface area contributed by atoms with Crippen LogP contribution in [0.5, 0.6) is 0 Å². The van der Waals surface area contributed by atoms with Gasteiger partial charge in [-0.2, -0.15) is 0 Å². The van der Waals surface area contributed by atoms with Gasteiger partial charge in [0.25, 0.3) is 0 Å². The summed E-state index contributed by atoms with van der Waals surface area (Å²) in [4.78, 5) is 1.39. The standard InChI is InChI=1S/C31H20S/c1-2-8-21-17-28-22(15-20(21)7-1)10-5-12-26(28)27-13-6-11-23-16-25(18-29(23)27)31-19-24-9-3-4-14-30(24)32-31/h1-15,17-19H,16H2. The molecule has 0 bridgehead atoms. The Morgan fingerprint density at radius 1 is 0.562 bits per heavy atom. The van der Waals surface area contributed by atoms with Crippen LogP contribution in [0.1, 0.15) is 16.0 Å². The summed E-state index contributed by atoms with van der Waals surface area (Å²) in [5.74, 6) is 0. The van der Waals surface area contributed by atoms with Crippen molar-refractivity contribution in [2.24, 2.45) is 0 Å². The normalized spacial score (nSPS) is 13.1. The second kappa shape index (κ2) is 6.91. The largest absolute Gasteiger partial charge is 0.136 e. The summed E-state index contributed by atoms with van der Waals surface area (Å²) >= 11 is 1.90. The molecule has 0 fully saturated rings. The Hall–Kier alpha value is -3.68. The van der Waals surface area contributed by atoms with Gasteiger partial charge in [-0.15, -0.1) is 11.3 Å². The molecule has 1 aromatic heterocycles. The van der Waals surface area contributed by atoms with Gasteiger partial charge in [-0.3, -0.25) is 0 Å². The molecule has 0 radical (unpaired) electrons. The number of benzene rings is 5. The molecule has 150 valence electrons. The van der Waals surface area contributed by atoms with Crippen LogP contribution in [-0.2, 0) is 6.42 Å². The van der Waals surface area contributed by atoms with Gasteiger partial charge in [-0.1, -0.05) is 78.9 Å². The zero-order chi connectivity index (χ0) is 21.1. The number of rotatable bonds is 2. The number of hydrogen-bond acceptors (Lipinski definition) is 1. The number of allylic oxidation sites excluding steroid dienone is 1. The lowest BCUT2D eigenvalue weighted by molar-refractivity contribution is 1.33. The lowest BCUT2D eigenvalue weighted by Gasteiger charge is -2.12. The fourth-order valence-electron chi connectivity index (χ4n) is 5.10. The van der Waals surface area contributed by atoms with E-state index in [2.05, 4.69) is 109 Å². The predicted octanol–water partition coefficient (Wildman–Crippen LogP) is 8.97. The minimum absolute atomic E-state index is 1.00. The molecular weight excluding hydrogens is 404 g/mol. The van der Waals surface area contributed by atoms with Crippen molar-refractivity contribution in [2.45, 2.75) is 6.42 Å². The van der Waals surface area contributed by atoms with Gasteiger partial charge in [0.2, 0.25) is 0 Å². The van der Waals surface area contributed by atoms with Gasteiger partial charge < -0.3 is 0 Å². The quantitative estimate of drug-likeness (QED) is 0.243. The van der Waals surface area contributed by atoms with Gasteiger partial charge >= 0.3 is 0 Å². The van der Waals surface area contributed by atoms with Crippen LogP contribution in [0.3, 0.4) is 0 Å². The molecule has 0 saturated carbocycles. The smallest absolute Gasteiger partial charge is 0.0349 e. The van der Waals surface area contributed by atoms with E-state index in [9.17, 15) is 0 Å². The van der Waals surface area contributed by atoms with Crippen molar-refractivity contribution in [3.63, 3.8) is 0 Å². The molecule has 0 unspecified atom stereocenters. The van der Waals surface area contributed by atoms with Crippen LogP contribution in [0.15, 0.2) is 103 Å². The van der Waals surface area contributed by atoms with Crippen LogP contribution in [-0.4, -0.2) is 0 Å². The van der Waals surface area contributed by atoms with E-state index in [4.69, 9.17) is 0 Å².